The number of hydrogen-bond acceptors (Lipinski definition) is 5. The molecular weight excluding hydrogens is 510 g/mol. The molecule has 8 heteroatoms. The van der Waals surface area contributed by atoms with Crippen LogP contribution in [0.5, 0.6) is 11.5 Å². The first-order valence-electron chi connectivity index (χ1n) is 10.7. The molecule has 0 unspecified atom stereocenters. The summed E-state index contributed by atoms with van der Waals surface area (Å²) in [7, 11) is 1.46. The van der Waals surface area contributed by atoms with Crippen molar-refractivity contribution in [1.82, 2.24) is 5.32 Å². The highest BCUT2D eigenvalue weighted by Crippen LogP contribution is 2.37. The lowest BCUT2D eigenvalue weighted by atomic mass is 10.1. The maximum absolute atomic E-state index is 12.7. The van der Waals surface area contributed by atoms with E-state index in [0.717, 1.165) is 5.56 Å². The van der Waals surface area contributed by atoms with Crippen molar-refractivity contribution >= 4 is 39.5 Å². The van der Waals surface area contributed by atoms with E-state index in [-0.39, 0.29) is 24.1 Å². The van der Waals surface area contributed by atoms with E-state index in [1.807, 2.05) is 61.5 Å². The third kappa shape index (κ3) is 7.19. The van der Waals surface area contributed by atoms with Gasteiger partial charge in [0.1, 0.15) is 11.6 Å². The zero-order valence-corrected chi connectivity index (χ0v) is 20.8. The Labute approximate surface area is 212 Å². The summed E-state index contributed by atoms with van der Waals surface area (Å²) < 4.78 is 11.6. The van der Waals surface area contributed by atoms with Gasteiger partial charge in [0.05, 0.1) is 17.6 Å². The predicted octanol–water partition coefficient (Wildman–Crippen LogP) is 5.26. The number of amides is 2. The van der Waals surface area contributed by atoms with Gasteiger partial charge in [-0.15, -0.1) is 0 Å². The molecule has 0 heterocycles. The number of halogens is 1. The van der Waals surface area contributed by atoms with Crippen LogP contribution >= 0.6 is 15.9 Å². The number of methoxy groups -OCH3 is 1. The first-order valence-corrected chi connectivity index (χ1v) is 11.5. The Morgan fingerprint density at radius 1 is 1.09 bits per heavy atom. The molecule has 0 bridgehead atoms. The van der Waals surface area contributed by atoms with Crippen molar-refractivity contribution in [2.75, 3.05) is 19.0 Å². The van der Waals surface area contributed by atoms with Gasteiger partial charge in [-0.2, -0.15) is 5.26 Å². The Kier molecular flexibility index (Phi) is 9.04. The molecular formula is C27H24BrN3O4. The molecule has 178 valence electrons. The number of hydrogen-bond donors (Lipinski definition) is 2. The van der Waals surface area contributed by atoms with Gasteiger partial charge in [-0.1, -0.05) is 48.5 Å². The molecule has 0 aromatic heterocycles. The molecule has 35 heavy (non-hydrogen) atoms. The molecule has 0 saturated heterocycles. The van der Waals surface area contributed by atoms with Crippen molar-refractivity contribution in [3.05, 3.63) is 94.0 Å². The molecule has 0 aliphatic carbocycles. The summed E-state index contributed by atoms with van der Waals surface area (Å²) >= 11 is 3.43. The zero-order chi connectivity index (χ0) is 25.2. The Balaban J connectivity index is 1.72. The van der Waals surface area contributed by atoms with Gasteiger partial charge in [-0.05, 0) is 64.3 Å². The Morgan fingerprint density at radius 2 is 1.74 bits per heavy atom. The molecule has 0 radical (unpaired) electrons. The van der Waals surface area contributed by atoms with E-state index in [1.165, 1.54) is 13.2 Å². The lowest BCUT2D eigenvalue weighted by molar-refractivity contribution is -0.118. The van der Waals surface area contributed by atoms with Crippen molar-refractivity contribution in [2.24, 2.45) is 0 Å². The minimum Gasteiger partial charge on any atom is -0.493 e. The fourth-order valence-corrected chi connectivity index (χ4v) is 3.81. The number of nitrogens with zero attached hydrogens (tertiary/aromatic N) is 1. The normalized spacial score (nSPS) is 11.7. The molecule has 2 amide bonds. The van der Waals surface area contributed by atoms with Gasteiger partial charge in [0.2, 0.25) is 0 Å². The van der Waals surface area contributed by atoms with Gasteiger partial charge in [0.25, 0.3) is 11.8 Å². The number of carbonyl (C=O) groups is 2. The summed E-state index contributed by atoms with van der Waals surface area (Å²) in [4.78, 5) is 24.9. The van der Waals surface area contributed by atoms with E-state index in [1.54, 1.807) is 24.3 Å². The molecule has 3 rings (SSSR count). The molecule has 7 nitrogen and oxygen atoms in total. The highest BCUT2D eigenvalue weighted by Gasteiger charge is 2.17. The highest BCUT2D eigenvalue weighted by molar-refractivity contribution is 9.10. The van der Waals surface area contributed by atoms with Gasteiger partial charge >= 0.3 is 0 Å². The largest absolute Gasteiger partial charge is 0.493 e. The first kappa shape index (κ1) is 25.5. The number of benzene rings is 3. The molecule has 2 N–H and O–H groups in total. The van der Waals surface area contributed by atoms with E-state index in [9.17, 15) is 14.9 Å². The number of carbonyl (C=O) groups excluding carboxylic acids is 2. The van der Waals surface area contributed by atoms with Crippen LogP contribution in [0.2, 0.25) is 0 Å². The van der Waals surface area contributed by atoms with Crippen LogP contribution in [0.15, 0.2) is 82.8 Å². The van der Waals surface area contributed by atoms with Crippen LogP contribution in [0.1, 0.15) is 24.1 Å². The molecule has 0 fully saturated rings. The van der Waals surface area contributed by atoms with E-state index < -0.39 is 5.91 Å². The van der Waals surface area contributed by atoms with Crippen LogP contribution in [0.4, 0.5) is 5.69 Å². The monoisotopic (exact) mass is 533 g/mol. The van der Waals surface area contributed by atoms with Gasteiger partial charge in [0.15, 0.2) is 18.1 Å². The van der Waals surface area contributed by atoms with E-state index >= 15 is 0 Å². The molecule has 3 aromatic carbocycles. The number of nitriles is 1. The quantitative estimate of drug-likeness (QED) is 0.288. The van der Waals surface area contributed by atoms with E-state index in [4.69, 9.17) is 9.47 Å². The number of anilines is 1. The maximum atomic E-state index is 12.7. The Hall–Kier alpha value is -4.09. The minimum absolute atomic E-state index is 0.0577. The second kappa shape index (κ2) is 12.4. The number of rotatable bonds is 9. The van der Waals surface area contributed by atoms with Crippen molar-refractivity contribution in [3.63, 3.8) is 0 Å². The van der Waals surface area contributed by atoms with Crippen LogP contribution < -0.4 is 20.1 Å². The average Bonchev–Trinajstić information content (AvgIpc) is 2.87. The standard InChI is InChI=1S/C27H24BrN3O4/c1-18(20-9-5-3-6-10-20)30-27(33)21(16-29)13-19-14-23(28)26(24(15-19)34-2)35-17-25(32)31-22-11-7-4-8-12-22/h3-15,18H,17H2,1-2H3,(H,30,33)(H,31,32)/b21-13-/t18-/m0/s1. The topological polar surface area (TPSA) is 100 Å². The summed E-state index contributed by atoms with van der Waals surface area (Å²) in [5.74, 6) is -0.149. The number of para-hydroxylation sites is 1. The smallest absolute Gasteiger partial charge is 0.262 e. The van der Waals surface area contributed by atoms with Crippen molar-refractivity contribution in [1.29, 1.82) is 5.26 Å². The predicted molar refractivity (Wildman–Crippen MR) is 138 cm³/mol. The molecule has 0 aliphatic heterocycles. The third-order valence-electron chi connectivity index (χ3n) is 4.98. The fourth-order valence-electron chi connectivity index (χ4n) is 3.23. The van der Waals surface area contributed by atoms with Crippen LogP contribution in [0.3, 0.4) is 0 Å². The van der Waals surface area contributed by atoms with Crippen molar-refractivity contribution in [2.45, 2.75) is 13.0 Å². The fraction of sp³-hybridized carbons (Fsp3) is 0.148. The molecule has 1 atom stereocenters. The number of ether oxygens (including phenoxy) is 2. The van der Waals surface area contributed by atoms with Crippen molar-refractivity contribution < 1.29 is 19.1 Å². The molecule has 3 aromatic rings. The van der Waals surface area contributed by atoms with E-state index in [2.05, 4.69) is 26.6 Å². The molecule has 0 spiro atoms. The summed E-state index contributed by atoms with van der Waals surface area (Å²) in [6.45, 7) is 1.62. The third-order valence-corrected chi connectivity index (χ3v) is 5.57. The van der Waals surface area contributed by atoms with E-state index in [0.29, 0.717) is 27.2 Å². The van der Waals surface area contributed by atoms with Crippen LogP contribution in [0.25, 0.3) is 6.08 Å². The Bertz CT molecular complexity index is 1250. The zero-order valence-electron chi connectivity index (χ0n) is 19.2. The summed E-state index contributed by atoms with van der Waals surface area (Å²) in [5, 5.41) is 15.1. The van der Waals surface area contributed by atoms with Crippen LogP contribution in [-0.4, -0.2) is 25.5 Å². The number of nitrogens with one attached hydrogen (secondary N) is 2. The van der Waals surface area contributed by atoms with Gasteiger partial charge in [-0.3, -0.25) is 9.59 Å². The minimum atomic E-state index is -0.489. The first-order chi connectivity index (χ1) is 16.9. The lowest BCUT2D eigenvalue weighted by Crippen LogP contribution is -2.27. The van der Waals surface area contributed by atoms with Gasteiger partial charge in [-0.25, -0.2) is 0 Å². The van der Waals surface area contributed by atoms with Crippen molar-refractivity contribution in [3.8, 4) is 17.6 Å². The summed E-state index contributed by atoms with van der Waals surface area (Å²) in [6.07, 6.45) is 1.46. The SMILES string of the molecule is COc1cc(/C=C(/C#N)C(=O)N[C@@H](C)c2ccccc2)cc(Br)c1OCC(=O)Nc1ccccc1. The molecule has 0 saturated carbocycles. The second-order valence-corrected chi connectivity index (χ2v) is 8.37. The Morgan fingerprint density at radius 3 is 2.37 bits per heavy atom. The second-order valence-electron chi connectivity index (χ2n) is 7.51. The highest BCUT2D eigenvalue weighted by atomic mass is 79.9. The lowest BCUT2D eigenvalue weighted by Gasteiger charge is -2.15. The van der Waals surface area contributed by atoms with Crippen LogP contribution in [0, 0.1) is 11.3 Å². The summed E-state index contributed by atoms with van der Waals surface area (Å²) in [5.41, 5.74) is 2.09. The van der Waals surface area contributed by atoms with Gasteiger partial charge < -0.3 is 20.1 Å². The average molecular weight is 534 g/mol. The van der Waals surface area contributed by atoms with Gasteiger partial charge in [0, 0.05) is 5.69 Å². The summed E-state index contributed by atoms with van der Waals surface area (Å²) in [6, 6.07) is 23.5. The maximum Gasteiger partial charge on any atom is 0.262 e. The molecule has 0 aliphatic rings. The van der Waals surface area contributed by atoms with Crippen LogP contribution in [-0.2, 0) is 9.59 Å².